The third-order valence-electron chi connectivity index (χ3n) is 3.77. The van der Waals surface area contributed by atoms with Crippen LogP contribution in [0.15, 0.2) is 42.5 Å². The average molecular weight is 338 g/mol. The Labute approximate surface area is 141 Å². The van der Waals surface area contributed by atoms with Crippen LogP contribution in [0, 0.1) is 5.82 Å². The maximum atomic E-state index is 13.7. The lowest BCUT2D eigenvalue weighted by Crippen LogP contribution is -2.25. The summed E-state index contributed by atoms with van der Waals surface area (Å²) in [5.41, 5.74) is 1.65. The van der Waals surface area contributed by atoms with Gasteiger partial charge in [0.05, 0.1) is 13.2 Å². The van der Waals surface area contributed by atoms with Gasteiger partial charge in [-0.2, -0.15) is 0 Å². The van der Waals surface area contributed by atoms with Gasteiger partial charge in [-0.05, 0) is 41.3 Å². The van der Waals surface area contributed by atoms with Gasteiger partial charge in [0.2, 0.25) is 0 Å². The van der Waals surface area contributed by atoms with Crippen molar-refractivity contribution in [3.63, 3.8) is 0 Å². The van der Waals surface area contributed by atoms with Crippen molar-refractivity contribution in [1.29, 1.82) is 0 Å². The highest BCUT2D eigenvalue weighted by atomic mass is 35.5. The summed E-state index contributed by atoms with van der Waals surface area (Å²) in [5, 5.41) is 13.9. The number of aliphatic hydroxyl groups is 1. The molecule has 2 atom stereocenters. The minimum atomic E-state index is -0.631. The monoisotopic (exact) mass is 337 g/mol. The van der Waals surface area contributed by atoms with E-state index in [1.54, 1.807) is 18.2 Å². The number of ether oxygens (including phenoxy) is 1. The quantitative estimate of drug-likeness (QED) is 0.804. The molecule has 124 valence electrons. The van der Waals surface area contributed by atoms with Gasteiger partial charge in [-0.25, -0.2) is 4.39 Å². The van der Waals surface area contributed by atoms with E-state index in [1.165, 1.54) is 13.2 Å². The lowest BCUT2D eigenvalue weighted by atomic mass is 10.0. The van der Waals surface area contributed by atoms with Gasteiger partial charge < -0.3 is 15.2 Å². The third kappa shape index (κ3) is 4.93. The first-order valence-electron chi connectivity index (χ1n) is 7.49. The Morgan fingerprint density at radius 3 is 2.61 bits per heavy atom. The van der Waals surface area contributed by atoms with Crippen LogP contribution in [0.2, 0.25) is 5.02 Å². The van der Waals surface area contributed by atoms with Crippen LogP contribution in [0.5, 0.6) is 5.75 Å². The summed E-state index contributed by atoms with van der Waals surface area (Å²) in [7, 11) is 1.44. The second kappa shape index (κ2) is 8.29. The number of rotatable bonds is 7. The Bertz CT molecular complexity index is 651. The molecule has 0 saturated heterocycles. The fourth-order valence-electron chi connectivity index (χ4n) is 2.38. The molecule has 0 heterocycles. The van der Waals surface area contributed by atoms with Crippen LogP contribution in [0.4, 0.5) is 4.39 Å². The number of halogens is 2. The van der Waals surface area contributed by atoms with Gasteiger partial charge in [-0.1, -0.05) is 36.7 Å². The Balaban J connectivity index is 1.87. The van der Waals surface area contributed by atoms with Crippen LogP contribution in [0.3, 0.4) is 0 Å². The normalized spacial score (nSPS) is 13.6. The van der Waals surface area contributed by atoms with E-state index >= 15 is 0 Å². The van der Waals surface area contributed by atoms with Crippen molar-refractivity contribution in [2.24, 2.45) is 0 Å². The van der Waals surface area contributed by atoms with Gasteiger partial charge in [0.1, 0.15) is 0 Å². The Hall–Kier alpha value is -1.62. The highest BCUT2D eigenvalue weighted by Gasteiger charge is 2.12. The standard InChI is InChI=1S/C18H21ClFNO2/c1-12(13-6-7-18(23-2)16(20)9-13)10-21-11-17(22)14-4-3-5-15(19)8-14/h3-9,12,17,21-22H,10-11H2,1-2H3. The summed E-state index contributed by atoms with van der Waals surface area (Å²) in [5.74, 6) is -0.0110. The maximum absolute atomic E-state index is 13.7. The number of hydrogen-bond acceptors (Lipinski definition) is 3. The molecule has 0 saturated carbocycles. The van der Waals surface area contributed by atoms with Crippen molar-refractivity contribution in [2.75, 3.05) is 20.2 Å². The third-order valence-corrected chi connectivity index (χ3v) is 4.00. The Kier molecular flexibility index (Phi) is 6.39. The van der Waals surface area contributed by atoms with E-state index < -0.39 is 6.10 Å². The van der Waals surface area contributed by atoms with E-state index in [2.05, 4.69) is 5.32 Å². The molecule has 23 heavy (non-hydrogen) atoms. The minimum absolute atomic E-state index is 0.113. The maximum Gasteiger partial charge on any atom is 0.165 e. The van der Waals surface area contributed by atoms with Gasteiger partial charge in [-0.3, -0.25) is 0 Å². The molecule has 2 unspecified atom stereocenters. The summed E-state index contributed by atoms with van der Waals surface area (Å²) < 4.78 is 18.6. The first-order chi connectivity index (χ1) is 11.0. The molecule has 0 aliphatic rings. The molecule has 5 heteroatoms. The van der Waals surface area contributed by atoms with E-state index in [4.69, 9.17) is 16.3 Å². The molecule has 0 amide bonds. The first-order valence-corrected chi connectivity index (χ1v) is 7.86. The molecular weight excluding hydrogens is 317 g/mol. The lowest BCUT2D eigenvalue weighted by molar-refractivity contribution is 0.174. The largest absolute Gasteiger partial charge is 0.494 e. The molecule has 2 rings (SSSR count). The fourth-order valence-corrected chi connectivity index (χ4v) is 2.57. The van der Waals surface area contributed by atoms with Crippen LogP contribution >= 0.6 is 11.6 Å². The van der Waals surface area contributed by atoms with Crippen molar-refractivity contribution in [3.05, 3.63) is 64.4 Å². The zero-order valence-electron chi connectivity index (χ0n) is 13.2. The molecule has 0 radical (unpaired) electrons. The topological polar surface area (TPSA) is 41.5 Å². The number of hydrogen-bond donors (Lipinski definition) is 2. The summed E-state index contributed by atoms with van der Waals surface area (Å²) in [4.78, 5) is 0. The highest BCUT2D eigenvalue weighted by Crippen LogP contribution is 2.23. The Morgan fingerprint density at radius 2 is 1.96 bits per heavy atom. The molecule has 0 aliphatic carbocycles. The predicted molar refractivity (Wildman–Crippen MR) is 90.6 cm³/mol. The van der Waals surface area contributed by atoms with E-state index in [-0.39, 0.29) is 17.5 Å². The smallest absolute Gasteiger partial charge is 0.165 e. The van der Waals surface area contributed by atoms with Crippen molar-refractivity contribution >= 4 is 11.6 Å². The van der Waals surface area contributed by atoms with Crippen molar-refractivity contribution in [1.82, 2.24) is 5.32 Å². The molecule has 0 spiro atoms. The Morgan fingerprint density at radius 1 is 1.17 bits per heavy atom. The van der Waals surface area contributed by atoms with E-state index in [1.807, 2.05) is 25.1 Å². The van der Waals surface area contributed by atoms with Gasteiger partial charge in [0.15, 0.2) is 11.6 Å². The molecule has 2 aromatic carbocycles. The fraction of sp³-hybridized carbons (Fsp3) is 0.333. The second-order valence-corrected chi connectivity index (χ2v) is 5.96. The molecule has 0 aliphatic heterocycles. The molecule has 0 bridgehead atoms. The molecule has 0 fully saturated rings. The summed E-state index contributed by atoms with van der Waals surface area (Å²) >= 11 is 5.92. The predicted octanol–water partition coefficient (Wildman–Crippen LogP) is 3.91. The summed E-state index contributed by atoms with van der Waals surface area (Å²) in [6.07, 6.45) is -0.631. The zero-order valence-corrected chi connectivity index (χ0v) is 14.0. The molecular formula is C18H21ClFNO2. The van der Waals surface area contributed by atoms with Gasteiger partial charge in [0.25, 0.3) is 0 Å². The van der Waals surface area contributed by atoms with Crippen molar-refractivity contribution < 1.29 is 14.2 Å². The van der Waals surface area contributed by atoms with E-state index in [0.29, 0.717) is 18.1 Å². The van der Waals surface area contributed by atoms with Crippen molar-refractivity contribution in [2.45, 2.75) is 18.9 Å². The van der Waals surface area contributed by atoms with Crippen LogP contribution < -0.4 is 10.1 Å². The lowest BCUT2D eigenvalue weighted by Gasteiger charge is -2.17. The second-order valence-electron chi connectivity index (χ2n) is 5.52. The highest BCUT2D eigenvalue weighted by molar-refractivity contribution is 6.30. The molecule has 3 nitrogen and oxygen atoms in total. The minimum Gasteiger partial charge on any atom is -0.494 e. The van der Waals surface area contributed by atoms with Gasteiger partial charge in [-0.15, -0.1) is 0 Å². The zero-order chi connectivity index (χ0) is 16.8. The summed E-state index contributed by atoms with van der Waals surface area (Å²) in [6.45, 7) is 3.03. The van der Waals surface area contributed by atoms with Crippen LogP contribution in [-0.4, -0.2) is 25.3 Å². The van der Waals surface area contributed by atoms with Gasteiger partial charge in [0, 0.05) is 18.1 Å². The molecule has 2 aromatic rings. The van der Waals surface area contributed by atoms with Crippen LogP contribution in [-0.2, 0) is 0 Å². The number of methoxy groups -OCH3 is 1. The van der Waals surface area contributed by atoms with Gasteiger partial charge >= 0.3 is 0 Å². The summed E-state index contributed by atoms with van der Waals surface area (Å²) in [6, 6.07) is 12.1. The number of nitrogens with one attached hydrogen (secondary N) is 1. The number of aliphatic hydroxyl groups excluding tert-OH is 1. The van der Waals surface area contributed by atoms with E-state index in [0.717, 1.165) is 11.1 Å². The first kappa shape index (κ1) is 17.7. The van der Waals surface area contributed by atoms with Crippen LogP contribution in [0.1, 0.15) is 30.1 Å². The SMILES string of the molecule is COc1ccc(C(C)CNCC(O)c2cccc(Cl)c2)cc1F. The molecule has 0 aromatic heterocycles. The molecule has 2 N–H and O–H groups in total. The number of benzene rings is 2. The van der Waals surface area contributed by atoms with Crippen molar-refractivity contribution in [3.8, 4) is 5.75 Å². The van der Waals surface area contributed by atoms with Crippen LogP contribution in [0.25, 0.3) is 0 Å². The average Bonchev–Trinajstić information content (AvgIpc) is 2.54. The van der Waals surface area contributed by atoms with E-state index in [9.17, 15) is 9.50 Å².